The molecule has 0 saturated carbocycles. The van der Waals surface area contributed by atoms with Crippen molar-refractivity contribution in [3.05, 3.63) is 30.4 Å². The highest BCUT2D eigenvalue weighted by molar-refractivity contribution is 6.03. The molecule has 7 nitrogen and oxygen atoms in total. The van der Waals surface area contributed by atoms with Crippen LogP contribution in [-0.4, -0.2) is 34.0 Å². The van der Waals surface area contributed by atoms with Gasteiger partial charge in [0.25, 0.3) is 5.91 Å². The predicted octanol–water partition coefficient (Wildman–Crippen LogP) is 1.75. The van der Waals surface area contributed by atoms with Crippen LogP contribution in [-0.2, 0) is 11.3 Å². The molecule has 0 aliphatic rings. The Morgan fingerprint density at radius 1 is 1.48 bits per heavy atom. The topological polar surface area (TPSA) is 87.1 Å². The number of aromatic nitrogens is 3. The van der Waals surface area contributed by atoms with Crippen LogP contribution in [0.4, 0.5) is 11.4 Å². The number of nitrogens with zero attached hydrogens (tertiary/aromatic N) is 3. The SMILES string of the molecule is COCCn1cc(NC(=O)c2cc(N)cn2C(C)C)cn1. The lowest BCUT2D eigenvalue weighted by Crippen LogP contribution is -2.17. The van der Waals surface area contributed by atoms with Crippen LogP contribution < -0.4 is 11.1 Å². The molecule has 0 spiro atoms. The van der Waals surface area contributed by atoms with Gasteiger partial charge in [0.2, 0.25) is 0 Å². The molecule has 2 aromatic rings. The van der Waals surface area contributed by atoms with Gasteiger partial charge in [0.15, 0.2) is 0 Å². The van der Waals surface area contributed by atoms with Gasteiger partial charge in [0.05, 0.1) is 30.7 Å². The second-order valence-electron chi connectivity index (χ2n) is 5.10. The Balaban J connectivity index is 2.09. The Hall–Kier alpha value is -2.28. The van der Waals surface area contributed by atoms with Crippen molar-refractivity contribution in [1.29, 1.82) is 0 Å². The number of carbonyl (C=O) groups is 1. The lowest BCUT2D eigenvalue weighted by molar-refractivity contribution is 0.101. The highest BCUT2D eigenvalue weighted by Gasteiger charge is 2.15. The summed E-state index contributed by atoms with van der Waals surface area (Å²) in [7, 11) is 1.64. The van der Waals surface area contributed by atoms with E-state index in [0.717, 1.165) is 0 Å². The largest absolute Gasteiger partial charge is 0.397 e. The molecule has 3 N–H and O–H groups in total. The van der Waals surface area contributed by atoms with Crippen LogP contribution in [0, 0.1) is 0 Å². The molecule has 21 heavy (non-hydrogen) atoms. The van der Waals surface area contributed by atoms with E-state index in [2.05, 4.69) is 10.4 Å². The number of anilines is 2. The van der Waals surface area contributed by atoms with Crippen molar-refractivity contribution in [2.45, 2.75) is 26.4 Å². The molecule has 0 aliphatic carbocycles. The summed E-state index contributed by atoms with van der Waals surface area (Å²) in [6, 6.07) is 1.83. The Morgan fingerprint density at radius 3 is 2.90 bits per heavy atom. The van der Waals surface area contributed by atoms with E-state index < -0.39 is 0 Å². The van der Waals surface area contributed by atoms with Crippen molar-refractivity contribution in [1.82, 2.24) is 14.3 Å². The first-order valence-electron chi connectivity index (χ1n) is 6.81. The minimum atomic E-state index is -0.202. The van der Waals surface area contributed by atoms with Gasteiger partial charge in [-0.1, -0.05) is 0 Å². The minimum absolute atomic E-state index is 0.160. The average molecular weight is 291 g/mol. The molecule has 0 aliphatic heterocycles. The van der Waals surface area contributed by atoms with Crippen LogP contribution in [0.15, 0.2) is 24.7 Å². The van der Waals surface area contributed by atoms with E-state index in [-0.39, 0.29) is 11.9 Å². The molecule has 2 aromatic heterocycles. The number of amides is 1. The summed E-state index contributed by atoms with van der Waals surface area (Å²) in [4.78, 5) is 12.3. The normalized spacial score (nSPS) is 11.0. The van der Waals surface area contributed by atoms with E-state index in [1.165, 1.54) is 0 Å². The highest BCUT2D eigenvalue weighted by atomic mass is 16.5. The van der Waals surface area contributed by atoms with Crippen LogP contribution in [0.3, 0.4) is 0 Å². The molecular weight excluding hydrogens is 270 g/mol. The average Bonchev–Trinajstić information content (AvgIpc) is 3.03. The number of rotatable bonds is 6. The third-order valence-electron chi connectivity index (χ3n) is 3.07. The molecule has 1 amide bonds. The van der Waals surface area contributed by atoms with Gasteiger partial charge >= 0.3 is 0 Å². The molecular formula is C14H21N5O2. The van der Waals surface area contributed by atoms with Gasteiger partial charge in [-0.3, -0.25) is 9.48 Å². The first-order chi connectivity index (χ1) is 10.0. The second kappa shape index (κ2) is 6.45. The van der Waals surface area contributed by atoms with Gasteiger partial charge < -0.3 is 20.4 Å². The fraction of sp³-hybridized carbons (Fsp3) is 0.429. The third kappa shape index (κ3) is 3.63. The van der Waals surface area contributed by atoms with E-state index >= 15 is 0 Å². The second-order valence-corrected chi connectivity index (χ2v) is 5.10. The summed E-state index contributed by atoms with van der Waals surface area (Å²) in [5.74, 6) is -0.202. The number of methoxy groups -OCH3 is 1. The first kappa shape index (κ1) is 15.1. The summed E-state index contributed by atoms with van der Waals surface area (Å²) in [5, 5.41) is 6.98. The predicted molar refractivity (Wildman–Crippen MR) is 81.3 cm³/mol. The molecule has 2 rings (SSSR count). The lowest BCUT2D eigenvalue weighted by Gasteiger charge is -2.11. The van der Waals surface area contributed by atoms with E-state index in [4.69, 9.17) is 10.5 Å². The van der Waals surface area contributed by atoms with Gasteiger partial charge in [-0.05, 0) is 19.9 Å². The molecule has 0 bridgehead atoms. The van der Waals surface area contributed by atoms with Gasteiger partial charge in [-0.15, -0.1) is 0 Å². The molecule has 0 fully saturated rings. The maximum atomic E-state index is 12.3. The van der Waals surface area contributed by atoms with Gasteiger partial charge in [0, 0.05) is 25.5 Å². The van der Waals surface area contributed by atoms with Crippen LogP contribution in [0.1, 0.15) is 30.4 Å². The summed E-state index contributed by atoms with van der Waals surface area (Å²) in [5.41, 5.74) is 7.53. The zero-order valence-corrected chi connectivity index (χ0v) is 12.5. The van der Waals surface area contributed by atoms with Gasteiger partial charge in [0.1, 0.15) is 5.69 Å². The zero-order chi connectivity index (χ0) is 15.4. The summed E-state index contributed by atoms with van der Waals surface area (Å²) < 4.78 is 8.55. The Morgan fingerprint density at radius 2 is 2.24 bits per heavy atom. The van der Waals surface area contributed by atoms with Crippen molar-refractivity contribution in [3.63, 3.8) is 0 Å². The maximum Gasteiger partial charge on any atom is 0.272 e. The fourth-order valence-corrected chi connectivity index (χ4v) is 2.04. The van der Waals surface area contributed by atoms with E-state index in [1.807, 2.05) is 18.4 Å². The smallest absolute Gasteiger partial charge is 0.272 e. The maximum absolute atomic E-state index is 12.3. The summed E-state index contributed by atoms with van der Waals surface area (Å²) in [6.45, 7) is 5.21. The van der Waals surface area contributed by atoms with Crippen molar-refractivity contribution < 1.29 is 9.53 Å². The van der Waals surface area contributed by atoms with Crippen LogP contribution in [0.2, 0.25) is 0 Å². The van der Waals surface area contributed by atoms with Crippen molar-refractivity contribution in [2.75, 3.05) is 24.8 Å². The fourth-order valence-electron chi connectivity index (χ4n) is 2.04. The summed E-state index contributed by atoms with van der Waals surface area (Å²) in [6.07, 6.45) is 5.14. The molecule has 0 saturated heterocycles. The third-order valence-corrected chi connectivity index (χ3v) is 3.07. The molecule has 0 aromatic carbocycles. The molecule has 0 unspecified atom stereocenters. The molecule has 0 radical (unpaired) electrons. The number of nitrogen functional groups attached to an aromatic ring is 1. The van der Waals surface area contributed by atoms with Crippen LogP contribution >= 0.6 is 0 Å². The van der Waals surface area contributed by atoms with Crippen LogP contribution in [0.5, 0.6) is 0 Å². The zero-order valence-electron chi connectivity index (χ0n) is 12.5. The monoisotopic (exact) mass is 291 g/mol. The molecule has 7 heteroatoms. The number of nitrogens with one attached hydrogen (secondary N) is 1. The minimum Gasteiger partial charge on any atom is -0.397 e. The van der Waals surface area contributed by atoms with E-state index in [1.54, 1.807) is 36.4 Å². The van der Waals surface area contributed by atoms with E-state index in [0.29, 0.717) is 30.2 Å². The van der Waals surface area contributed by atoms with Crippen molar-refractivity contribution in [2.24, 2.45) is 0 Å². The van der Waals surface area contributed by atoms with E-state index in [9.17, 15) is 4.79 Å². The van der Waals surface area contributed by atoms with Crippen molar-refractivity contribution >= 4 is 17.3 Å². The van der Waals surface area contributed by atoms with Gasteiger partial charge in [-0.25, -0.2) is 0 Å². The number of ether oxygens (including phenoxy) is 1. The lowest BCUT2D eigenvalue weighted by atomic mass is 10.3. The number of carbonyl (C=O) groups excluding carboxylic acids is 1. The molecule has 0 atom stereocenters. The summed E-state index contributed by atoms with van der Waals surface area (Å²) >= 11 is 0. The Labute approximate surface area is 123 Å². The quantitative estimate of drug-likeness (QED) is 0.848. The Kier molecular flexibility index (Phi) is 4.64. The van der Waals surface area contributed by atoms with Crippen LogP contribution in [0.25, 0.3) is 0 Å². The standard InChI is InChI=1S/C14H21N5O2/c1-10(2)19-8-11(15)6-13(19)14(20)17-12-7-16-18(9-12)4-5-21-3/h6-10H,4-5,15H2,1-3H3,(H,17,20). The Bertz CT molecular complexity index is 615. The van der Waals surface area contributed by atoms with Gasteiger partial charge in [-0.2, -0.15) is 5.10 Å². The number of hydrogen-bond acceptors (Lipinski definition) is 4. The number of nitrogens with two attached hydrogens (primary N) is 1. The first-order valence-corrected chi connectivity index (χ1v) is 6.81. The molecule has 114 valence electrons. The number of hydrogen-bond donors (Lipinski definition) is 2. The van der Waals surface area contributed by atoms with Crippen molar-refractivity contribution in [3.8, 4) is 0 Å². The highest BCUT2D eigenvalue weighted by Crippen LogP contribution is 2.18. The molecule has 2 heterocycles.